The number of benzene rings is 7. The smallest absolute Gasteiger partial charge is 0.0732 e. The van der Waals surface area contributed by atoms with Crippen molar-refractivity contribution in [2.75, 3.05) is 0 Å². The molecule has 7 aromatic carbocycles. The fraction of sp³-hybridized carbons (Fsp3) is 0.299. The van der Waals surface area contributed by atoms with E-state index in [1.54, 1.807) is 32.8 Å². The van der Waals surface area contributed by atoms with Gasteiger partial charge < -0.3 is 4.40 Å². The average molecular weight is 885 g/mol. The first kappa shape index (κ1) is 36.5. The lowest BCUT2D eigenvalue weighted by atomic mass is 9.56. The summed E-state index contributed by atoms with van der Waals surface area (Å²) in [5, 5.41) is 6.16. The summed E-state index contributed by atoms with van der Waals surface area (Å²) in [6.07, 6.45) is 16.1. The van der Waals surface area contributed by atoms with Gasteiger partial charge in [0.05, 0.1) is 28.2 Å². The van der Waals surface area contributed by atoms with Crippen LogP contribution in [0, 0.1) is 29.1 Å². The molecule has 0 N–H and O–H groups in total. The molecule has 2 spiro atoms. The number of hydrogen-bond acceptors (Lipinski definition) is 1. The van der Waals surface area contributed by atoms with Gasteiger partial charge in [0.15, 0.2) is 0 Å². The zero-order chi connectivity index (χ0) is 44.2. The Morgan fingerprint density at radius 2 is 1.03 bits per heavy atom. The molecule has 5 saturated carbocycles. The quantitative estimate of drug-likeness (QED) is 0.169. The lowest BCUT2D eigenvalue weighted by molar-refractivity contribution is 0.00321. The molecular formula is C67H52N2. The van der Waals surface area contributed by atoms with Gasteiger partial charge in [0.2, 0.25) is 0 Å². The van der Waals surface area contributed by atoms with E-state index in [0.717, 1.165) is 23.7 Å². The maximum absolute atomic E-state index is 5.83. The van der Waals surface area contributed by atoms with Crippen molar-refractivity contribution in [2.24, 2.45) is 29.1 Å². The highest BCUT2D eigenvalue weighted by Gasteiger charge is 2.66. The summed E-state index contributed by atoms with van der Waals surface area (Å²) in [5.74, 6) is 5.75. The Bertz CT molecular complexity index is 3940. The standard InChI is InChI=1S/C67H52N2/c1-2-12-37(13-3-1)44-14-4-5-15-45(44)49-31-55-60(58-39-25-35-22-36(26-39)24-38(23-35)57(49)58)51-30-50-48-18-8-11-21-54(48)67(52-19-9-6-16-46(52)47-17-7-10-20-53(47)67)63(50)62-61-56(69(55)65(51)62)34-68-64-41-28-43-29-42-27-40(59(61)64)32-66(42,43)33-41/h1-21,30-31,34-36,38-43H,22-29,32-33H2. The summed E-state index contributed by atoms with van der Waals surface area (Å²) < 4.78 is 2.84. The summed E-state index contributed by atoms with van der Waals surface area (Å²) in [6.45, 7) is 0. The van der Waals surface area contributed by atoms with E-state index >= 15 is 0 Å². The first-order valence-corrected chi connectivity index (χ1v) is 26.9. The topological polar surface area (TPSA) is 17.3 Å². The fourth-order valence-corrected chi connectivity index (χ4v) is 19.7. The van der Waals surface area contributed by atoms with Crippen LogP contribution < -0.4 is 0 Å². The highest BCUT2D eigenvalue weighted by Crippen LogP contribution is 2.77. The molecule has 69 heavy (non-hydrogen) atoms. The van der Waals surface area contributed by atoms with Crippen LogP contribution in [0.2, 0.25) is 0 Å². The zero-order valence-corrected chi connectivity index (χ0v) is 38.9. The van der Waals surface area contributed by atoms with E-state index in [0.29, 0.717) is 29.1 Å². The largest absolute Gasteiger partial charge is 0.306 e. The van der Waals surface area contributed by atoms with Crippen molar-refractivity contribution >= 4 is 38.1 Å². The number of nitrogens with zero attached hydrogens (tertiary/aromatic N) is 2. The molecule has 7 bridgehead atoms. The Morgan fingerprint density at radius 3 is 1.74 bits per heavy atom. The normalized spacial score (nSPS) is 29.3. The van der Waals surface area contributed by atoms with E-state index in [1.165, 1.54) is 159 Å². The van der Waals surface area contributed by atoms with Crippen LogP contribution in [0.4, 0.5) is 0 Å². The van der Waals surface area contributed by atoms with Gasteiger partial charge in [-0.2, -0.15) is 0 Å². The Kier molecular flexibility index (Phi) is 6.38. The van der Waals surface area contributed by atoms with Crippen molar-refractivity contribution in [3.63, 3.8) is 0 Å². The van der Waals surface area contributed by atoms with E-state index in [4.69, 9.17) is 4.98 Å². The molecule has 3 aromatic heterocycles. The van der Waals surface area contributed by atoms with E-state index in [2.05, 4.69) is 150 Å². The third-order valence-electron chi connectivity index (χ3n) is 21.6. The van der Waals surface area contributed by atoms with E-state index in [-0.39, 0.29) is 0 Å². The highest BCUT2D eigenvalue weighted by molar-refractivity contribution is 6.29. The second kappa shape index (κ2) is 12.1. The van der Waals surface area contributed by atoms with Gasteiger partial charge in [0, 0.05) is 33.2 Å². The Hall–Kier alpha value is -6.51. The van der Waals surface area contributed by atoms with Crippen LogP contribution in [-0.4, -0.2) is 9.38 Å². The molecule has 0 radical (unpaired) electrons. The third kappa shape index (κ3) is 4.03. The molecule has 0 aliphatic heterocycles. The maximum Gasteiger partial charge on any atom is 0.0732 e. The third-order valence-corrected chi connectivity index (χ3v) is 21.6. The first-order valence-electron chi connectivity index (χ1n) is 26.9. The first-order chi connectivity index (χ1) is 34.2. The molecule has 2 nitrogen and oxygen atoms in total. The Morgan fingerprint density at radius 1 is 0.435 bits per heavy atom. The van der Waals surface area contributed by atoms with Crippen molar-refractivity contribution in [2.45, 2.75) is 93.3 Å². The van der Waals surface area contributed by atoms with Crippen LogP contribution in [0.5, 0.6) is 0 Å². The van der Waals surface area contributed by atoms with Gasteiger partial charge in [-0.25, -0.2) is 0 Å². The Balaban J connectivity index is 1.04. The van der Waals surface area contributed by atoms with Crippen LogP contribution in [0.3, 0.4) is 0 Å². The van der Waals surface area contributed by atoms with Gasteiger partial charge in [-0.05, 0) is 207 Å². The van der Waals surface area contributed by atoms with Crippen LogP contribution in [-0.2, 0) is 5.41 Å². The molecule has 20 rings (SSSR count). The lowest BCUT2D eigenvalue weighted by Gasteiger charge is -2.48. The molecule has 10 aliphatic rings. The highest BCUT2D eigenvalue weighted by atomic mass is 14.9. The molecule has 3 heterocycles. The molecular weight excluding hydrogens is 833 g/mol. The number of pyridine rings is 1. The van der Waals surface area contributed by atoms with Crippen LogP contribution >= 0.6 is 0 Å². The predicted octanol–water partition coefficient (Wildman–Crippen LogP) is 16.7. The molecule has 5 fully saturated rings. The van der Waals surface area contributed by atoms with Crippen LogP contribution in [0.25, 0.3) is 82.6 Å². The molecule has 330 valence electrons. The fourth-order valence-electron chi connectivity index (χ4n) is 19.7. The van der Waals surface area contributed by atoms with Gasteiger partial charge in [-0.15, -0.1) is 0 Å². The SMILES string of the molecule is c1ccc(-c2ccccc2-c2cc3c(c4c2C2CC5CC(C2)CC4C5)c2cc4c(c5c6c7c(ncc6n3c25)C2CC3CC5CC7CC35C2)C2(c3ccccc3-c3ccccc32)c2ccccc2-4)cc1. The minimum atomic E-state index is -0.432. The zero-order valence-electron chi connectivity index (χ0n) is 38.9. The number of hydrogen-bond donors (Lipinski definition) is 0. The summed E-state index contributed by atoms with van der Waals surface area (Å²) in [6, 6.07) is 54.8. The minimum Gasteiger partial charge on any atom is -0.306 e. The van der Waals surface area contributed by atoms with Crippen molar-refractivity contribution < 1.29 is 0 Å². The second-order valence-corrected chi connectivity index (χ2v) is 24.1. The minimum absolute atomic E-state index is 0.432. The molecule has 7 unspecified atom stereocenters. The summed E-state index contributed by atoms with van der Waals surface area (Å²) in [4.78, 5) is 5.83. The Labute approximate surface area is 402 Å². The van der Waals surface area contributed by atoms with Crippen LogP contribution in [0.1, 0.15) is 133 Å². The second-order valence-electron chi connectivity index (χ2n) is 24.1. The van der Waals surface area contributed by atoms with E-state index < -0.39 is 5.41 Å². The van der Waals surface area contributed by atoms with Gasteiger partial charge >= 0.3 is 0 Å². The summed E-state index contributed by atoms with van der Waals surface area (Å²) in [5.41, 5.74) is 28.0. The van der Waals surface area contributed by atoms with E-state index in [9.17, 15) is 0 Å². The van der Waals surface area contributed by atoms with Crippen molar-refractivity contribution in [1.29, 1.82) is 0 Å². The predicted molar refractivity (Wildman–Crippen MR) is 280 cm³/mol. The average Bonchev–Trinajstić information content (AvgIpc) is 4.17. The molecule has 2 heteroatoms. The van der Waals surface area contributed by atoms with Crippen LogP contribution in [0.15, 0.2) is 146 Å². The molecule has 0 saturated heterocycles. The summed E-state index contributed by atoms with van der Waals surface area (Å²) in [7, 11) is 0. The number of fused-ring (bicyclic) bond motifs is 23. The van der Waals surface area contributed by atoms with E-state index in [1.807, 2.05) is 0 Å². The van der Waals surface area contributed by atoms with Gasteiger partial charge in [-0.3, -0.25) is 4.98 Å². The number of rotatable bonds is 2. The van der Waals surface area contributed by atoms with Gasteiger partial charge in [0.1, 0.15) is 0 Å². The molecule has 10 aliphatic carbocycles. The molecule has 0 amide bonds. The van der Waals surface area contributed by atoms with Crippen molar-refractivity contribution in [1.82, 2.24) is 9.38 Å². The lowest BCUT2D eigenvalue weighted by Crippen LogP contribution is -2.41. The van der Waals surface area contributed by atoms with Gasteiger partial charge in [0.25, 0.3) is 0 Å². The van der Waals surface area contributed by atoms with Crippen molar-refractivity contribution in [3.05, 3.63) is 190 Å². The van der Waals surface area contributed by atoms with Gasteiger partial charge in [-0.1, -0.05) is 127 Å². The van der Waals surface area contributed by atoms with Crippen molar-refractivity contribution in [3.8, 4) is 44.5 Å². The maximum atomic E-state index is 5.83. The monoisotopic (exact) mass is 884 g/mol. The summed E-state index contributed by atoms with van der Waals surface area (Å²) >= 11 is 0. The molecule has 7 atom stereocenters. The molecule has 10 aromatic rings. The number of aromatic nitrogens is 2.